The van der Waals surface area contributed by atoms with Gasteiger partial charge in [0.15, 0.2) is 0 Å². The van der Waals surface area contributed by atoms with Crippen molar-refractivity contribution in [3.8, 4) is 12.0 Å². The average Bonchev–Trinajstić information content (AvgIpc) is 3.08. The van der Waals surface area contributed by atoms with Crippen molar-refractivity contribution in [2.75, 3.05) is 18.5 Å². The molecule has 2 heterocycles. The van der Waals surface area contributed by atoms with Crippen molar-refractivity contribution in [2.24, 2.45) is 5.92 Å². The molecule has 0 atom stereocenters. The predicted molar refractivity (Wildman–Crippen MR) is 69.3 cm³/mol. The molecular weight excluding hydrogens is 244 g/mol. The Morgan fingerprint density at radius 2 is 2.26 bits per heavy atom. The number of nitrogens with zero attached hydrogens (tertiary/aromatic N) is 5. The van der Waals surface area contributed by atoms with Gasteiger partial charge in [0, 0.05) is 18.9 Å². The summed E-state index contributed by atoms with van der Waals surface area (Å²) in [6.45, 7) is 3.42. The van der Waals surface area contributed by atoms with E-state index in [1.807, 2.05) is 6.92 Å². The van der Waals surface area contributed by atoms with Gasteiger partial charge < -0.3 is 10.1 Å². The summed E-state index contributed by atoms with van der Waals surface area (Å²) in [5, 5.41) is 3.08. The van der Waals surface area contributed by atoms with E-state index in [2.05, 4.69) is 25.3 Å². The van der Waals surface area contributed by atoms with Gasteiger partial charge in [0.05, 0.1) is 6.61 Å². The van der Waals surface area contributed by atoms with Crippen LogP contribution in [0.15, 0.2) is 18.7 Å². The lowest BCUT2D eigenvalue weighted by molar-refractivity contribution is 0.275. The van der Waals surface area contributed by atoms with E-state index in [1.165, 1.54) is 12.8 Å². The van der Waals surface area contributed by atoms with Crippen LogP contribution in [0.1, 0.15) is 19.8 Å². The van der Waals surface area contributed by atoms with Gasteiger partial charge in [-0.2, -0.15) is 15.0 Å². The summed E-state index contributed by atoms with van der Waals surface area (Å²) in [6, 6.07) is 0.363. The molecule has 1 fully saturated rings. The molecule has 1 saturated carbocycles. The molecule has 100 valence electrons. The second kappa shape index (κ2) is 5.21. The molecule has 19 heavy (non-hydrogen) atoms. The second-order valence-electron chi connectivity index (χ2n) is 4.50. The highest BCUT2D eigenvalue weighted by Crippen LogP contribution is 2.29. The minimum Gasteiger partial charge on any atom is -0.463 e. The SMILES string of the molecule is CCNc1nc(OCC2CC2)nc(-n2ccnc2)n1. The van der Waals surface area contributed by atoms with Crippen molar-refractivity contribution in [3.63, 3.8) is 0 Å². The standard InChI is InChI=1S/C12H16N6O/c1-2-14-10-15-11(18-6-5-13-8-18)17-12(16-10)19-7-9-3-4-9/h5-6,8-9H,2-4,7H2,1H3,(H,14,15,16,17). The van der Waals surface area contributed by atoms with Gasteiger partial charge in [0.2, 0.25) is 11.9 Å². The van der Waals surface area contributed by atoms with Gasteiger partial charge in [-0.25, -0.2) is 4.98 Å². The maximum Gasteiger partial charge on any atom is 0.323 e. The average molecular weight is 260 g/mol. The molecule has 0 unspecified atom stereocenters. The second-order valence-corrected chi connectivity index (χ2v) is 4.50. The van der Waals surface area contributed by atoms with E-state index in [0.717, 1.165) is 6.54 Å². The molecule has 0 aromatic carbocycles. The van der Waals surface area contributed by atoms with Crippen molar-refractivity contribution < 1.29 is 4.74 Å². The molecule has 2 aromatic rings. The van der Waals surface area contributed by atoms with Gasteiger partial charge in [-0.05, 0) is 25.7 Å². The monoisotopic (exact) mass is 260 g/mol. The molecule has 1 aliphatic rings. The Kier molecular flexibility index (Phi) is 3.26. The van der Waals surface area contributed by atoms with Crippen LogP contribution in [0.2, 0.25) is 0 Å². The van der Waals surface area contributed by atoms with Gasteiger partial charge >= 0.3 is 6.01 Å². The summed E-state index contributed by atoms with van der Waals surface area (Å²) in [5.41, 5.74) is 0. The van der Waals surface area contributed by atoms with Gasteiger partial charge in [0.25, 0.3) is 0 Å². The topological polar surface area (TPSA) is 77.8 Å². The fourth-order valence-electron chi connectivity index (χ4n) is 1.62. The van der Waals surface area contributed by atoms with Crippen LogP contribution < -0.4 is 10.1 Å². The first kappa shape index (κ1) is 11.9. The summed E-state index contributed by atoms with van der Waals surface area (Å²) in [5.74, 6) is 1.69. The van der Waals surface area contributed by atoms with E-state index in [0.29, 0.717) is 30.4 Å². The first-order valence-electron chi connectivity index (χ1n) is 6.46. The van der Waals surface area contributed by atoms with Crippen LogP contribution in [-0.2, 0) is 0 Å². The Hall–Kier alpha value is -2.18. The first-order valence-corrected chi connectivity index (χ1v) is 6.46. The van der Waals surface area contributed by atoms with E-state index < -0.39 is 0 Å². The summed E-state index contributed by atoms with van der Waals surface area (Å²) in [6.07, 6.45) is 7.59. The Morgan fingerprint density at radius 3 is 2.95 bits per heavy atom. The van der Waals surface area contributed by atoms with Crippen molar-refractivity contribution in [1.29, 1.82) is 0 Å². The van der Waals surface area contributed by atoms with Crippen LogP contribution in [0.5, 0.6) is 6.01 Å². The molecule has 1 N–H and O–H groups in total. The molecule has 7 heteroatoms. The lowest BCUT2D eigenvalue weighted by atomic mass is 10.5. The zero-order valence-corrected chi connectivity index (χ0v) is 10.8. The Balaban J connectivity index is 1.84. The number of hydrogen-bond donors (Lipinski definition) is 1. The fraction of sp³-hybridized carbons (Fsp3) is 0.500. The van der Waals surface area contributed by atoms with Crippen molar-refractivity contribution in [2.45, 2.75) is 19.8 Å². The number of anilines is 1. The molecule has 7 nitrogen and oxygen atoms in total. The third-order valence-corrected chi connectivity index (χ3v) is 2.82. The maximum absolute atomic E-state index is 5.62. The minimum atomic E-state index is 0.363. The van der Waals surface area contributed by atoms with Crippen LogP contribution >= 0.6 is 0 Å². The quantitative estimate of drug-likeness (QED) is 0.843. The van der Waals surface area contributed by atoms with Gasteiger partial charge in [-0.15, -0.1) is 0 Å². The van der Waals surface area contributed by atoms with Gasteiger partial charge in [0.1, 0.15) is 6.33 Å². The van der Waals surface area contributed by atoms with Crippen molar-refractivity contribution in [3.05, 3.63) is 18.7 Å². The molecule has 0 amide bonds. The number of hydrogen-bond acceptors (Lipinski definition) is 6. The number of rotatable bonds is 6. The number of ether oxygens (including phenoxy) is 1. The lowest BCUT2D eigenvalue weighted by Crippen LogP contribution is -2.11. The van der Waals surface area contributed by atoms with E-state index in [4.69, 9.17) is 4.74 Å². The molecule has 0 spiro atoms. The highest BCUT2D eigenvalue weighted by molar-refractivity contribution is 5.30. The highest BCUT2D eigenvalue weighted by Gasteiger charge is 2.22. The maximum atomic E-state index is 5.62. The summed E-state index contributed by atoms with van der Waals surface area (Å²) < 4.78 is 7.35. The summed E-state index contributed by atoms with van der Waals surface area (Å²) in [4.78, 5) is 16.8. The highest BCUT2D eigenvalue weighted by atomic mass is 16.5. The first-order chi connectivity index (χ1) is 9.35. The largest absolute Gasteiger partial charge is 0.463 e. The van der Waals surface area contributed by atoms with Crippen LogP contribution in [0.3, 0.4) is 0 Å². The Bertz CT molecular complexity index is 537. The molecule has 0 radical (unpaired) electrons. The number of imidazole rings is 1. The molecular formula is C12H16N6O. The zero-order chi connectivity index (χ0) is 13.1. The molecule has 0 aliphatic heterocycles. The van der Waals surface area contributed by atoms with Crippen molar-refractivity contribution in [1.82, 2.24) is 24.5 Å². The third-order valence-electron chi connectivity index (χ3n) is 2.82. The van der Waals surface area contributed by atoms with Gasteiger partial charge in [-0.1, -0.05) is 0 Å². The van der Waals surface area contributed by atoms with Crippen LogP contribution in [0, 0.1) is 5.92 Å². The van der Waals surface area contributed by atoms with E-state index >= 15 is 0 Å². The molecule has 0 bridgehead atoms. The zero-order valence-electron chi connectivity index (χ0n) is 10.8. The lowest BCUT2D eigenvalue weighted by Gasteiger charge is -2.08. The van der Waals surface area contributed by atoms with Crippen LogP contribution in [-0.4, -0.2) is 37.7 Å². The van der Waals surface area contributed by atoms with E-state index in [1.54, 1.807) is 23.3 Å². The summed E-state index contributed by atoms with van der Waals surface area (Å²) in [7, 11) is 0. The fourth-order valence-corrected chi connectivity index (χ4v) is 1.62. The molecule has 2 aromatic heterocycles. The van der Waals surface area contributed by atoms with E-state index in [9.17, 15) is 0 Å². The number of aromatic nitrogens is 5. The summed E-state index contributed by atoms with van der Waals surface area (Å²) >= 11 is 0. The minimum absolute atomic E-state index is 0.363. The molecule has 0 saturated heterocycles. The number of nitrogens with one attached hydrogen (secondary N) is 1. The smallest absolute Gasteiger partial charge is 0.323 e. The third kappa shape index (κ3) is 2.98. The normalized spacial score (nSPS) is 14.4. The van der Waals surface area contributed by atoms with Crippen molar-refractivity contribution >= 4 is 5.95 Å². The molecule has 1 aliphatic carbocycles. The van der Waals surface area contributed by atoms with Crippen LogP contribution in [0.25, 0.3) is 5.95 Å². The van der Waals surface area contributed by atoms with Crippen LogP contribution in [0.4, 0.5) is 5.95 Å². The van der Waals surface area contributed by atoms with Gasteiger partial charge in [-0.3, -0.25) is 4.57 Å². The Morgan fingerprint density at radius 1 is 1.37 bits per heavy atom. The molecule has 3 rings (SSSR count). The predicted octanol–water partition coefficient (Wildman–Crippen LogP) is 1.28. The van der Waals surface area contributed by atoms with E-state index in [-0.39, 0.29) is 0 Å². The Labute approximate surface area is 111 Å².